The van der Waals surface area contributed by atoms with Crippen LogP contribution in [0.5, 0.6) is 0 Å². The van der Waals surface area contributed by atoms with Crippen LogP contribution in [0, 0.1) is 0 Å². The first-order chi connectivity index (χ1) is 15.8. The lowest BCUT2D eigenvalue weighted by atomic mass is 10.0. The van der Waals surface area contributed by atoms with Gasteiger partial charge in [-0.15, -0.1) is 0 Å². The van der Waals surface area contributed by atoms with Gasteiger partial charge < -0.3 is 10.2 Å². The van der Waals surface area contributed by atoms with Crippen LogP contribution in [-0.2, 0) is 11.2 Å². The van der Waals surface area contributed by atoms with Crippen LogP contribution in [0.1, 0.15) is 18.4 Å². The molecule has 0 saturated carbocycles. The Labute approximate surface area is 188 Å². The fraction of sp³-hybridized carbons (Fsp3) is 0.222. The van der Waals surface area contributed by atoms with Crippen molar-refractivity contribution >= 4 is 22.8 Å². The second kappa shape index (κ2) is 9.18. The van der Waals surface area contributed by atoms with Gasteiger partial charge in [0.2, 0.25) is 11.9 Å². The van der Waals surface area contributed by atoms with Crippen LogP contribution >= 0.6 is 0 Å². The lowest BCUT2D eigenvalue weighted by Crippen LogP contribution is -2.43. The molecule has 1 fully saturated rings. The molecule has 1 amide bonds. The van der Waals surface area contributed by atoms with E-state index < -0.39 is 0 Å². The number of benzene rings is 3. The third kappa shape index (κ3) is 4.47. The van der Waals surface area contributed by atoms with Crippen LogP contribution < -0.4 is 5.32 Å². The average molecular weight is 423 g/mol. The second-order valence-electron chi connectivity index (χ2n) is 8.24. The number of piperidine rings is 1. The van der Waals surface area contributed by atoms with E-state index in [2.05, 4.69) is 23.5 Å². The average Bonchev–Trinajstić information content (AvgIpc) is 2.85. The highest BCUT2D eigenvalue weighted by Crippen LogP contribution is 2.27. The van der Waals surface area contributed by atoms with E-state index in [4.69, 9.17) is 9.97 Å². The first-order valence-corrected chi connectivity index (χ1v) is 11.2. The Balaban J connectivity index is 1.28. The minimum atomic E-state index is 0.197. The predicted octanol–water partition coefficient (Wildman–Crippen LogP) is 4.94. The SMILES string of the molecule is O=C(Cc1ccccc1)N1CCC(Nc2nc(-c3ccccc3)c3ccccc3n2)CC1. The maximum atomic E-state index is 12.7. The molecule has 0 atom stereocenters. The van der Waals surface area contributed by atoms with Crippen molar-refractivity contribution in [2.45, 2.75) is 25.3 Å². The van der Waals surface area contributed by atoms with E-state index in [1.54, 1.807) is 0 Å². The molecule has 0 unspecified atom stereocenters. The van der Waals surface area contributed by atoms with Crippen molar-refractivity contribution in [2.24, 2.45) is 0 Å². The van der Waals surface area contributed by atoms with Crippen LogP contribution in [-0.4, -0.2) is 39.9 Å². The van der Waals surface area contributed by atoms with Crippen LogP contribution in [0.15, 0.2) is 84.9 Å². The van der Waals surface area contributed by atoms with Crippen molar-refractivity contribution in [3.8, 4) is 11.3 Å². The fourth-order valence-electron chi connectivity index (χ4n) is 4.30. The molecular formula is C27H26N4O. The lowest BCUT2D eigenvalue weighted by Gasteiger charge is -2.32. The maximum absolute atomic E-state index is 12.7. The zero-order chi connectivity index (χ0) is 21.8. The van der Waals surface area contributed by atoms with E-state index >= 15 is 0 Å². The summed E-state index contributed by atoms with van der Waals surface area (Å²) in [6.45, 7) is 1.50. The number of nitrogens with zero attached hydrogens (tertiary/aromatic N) is 3. The first-order valence-electron chi connectivity index (χ1n) is 11.2. The van der Waals surface area contributed by atoms with Gasteiger partial charge in [0.25, 0.3) is 0 Å². The molecule has 4 aromatic rings. The number of carbonyl (C=O) groups excluding carboxylic acids is 1. The van der Waals surface area contributed by atoms with E-state index in [1.165, 1.54) is 0 Å². The highest BCUT2D eigenvalue weighted by molar-refractivity contribution is 5.93. The summed E-state index contributed by atoms with van der Waals surface area (Å²) in [5.41, 5.74) is 4.01. The van der Waals surface area contributed by atoms with E-state index in [9.17, 15) is 4.79 Å². The molecule has 2 heterocycles. The van der Waals surface area contributed by atoms with Gasteiger partial charge in [0, 0.05) is 30.1 Å². The third-order valence-electron chi connectivity index (χ3n) is 6.03. The number of likely N-dealkylation sites (tertiary alicyclic amines) is 1. The first kappa shape index (κ1) is 20.2. The molecule has 1 aromatic heterocycles. The number of rotatable bonds is 5. The topological polar surface area (TPSA) is 58.1 Å². The smallest absolute Gasteiger partial charge is 0.226 e. The molecule has 5 rings (SSSR count). The standard InChI is InChI=1S/C27H26N4O/c32-25(19-20-9-3-1-4-10-20)31-17-15-22(16-18-31)28-27-29-24-14-8-7-13-23(24)26(30-27)21-11-5-2-6-12-21/h1-14,22H,15-19H2,(H,28,29,30). The molecule has 160 valence electrons. The molecule has 1 aliphatic rings. The van der Waals surface area contributed by atoms with Gasteiger partial charge in [0.15, 0.2) is 0 Å². The van der Waals surface area contributed by atoms with Crippen molar-refractivity contribution in [2.75, 3.05) is 18.4 Å². The number of anilines is 1. The number of fused-ring (bicyclic) bond motifs is 1. The Kier molecular flexibility index (Phi) is 5.79. The molecule has 32 heavy (non-hydrogen) atoms. The normalized spacial score (nSPS) is 14.4. The Morgan fingerprint density at radius 2 is 1.50 bits per heavy atom. The summed E-state index contributed by atoms with van der Waals surface area (Å²) in [7, 11) is 0. The zero-order valence-electron chi connectivity index (χ0n) is 17.9. The van der Waals surface area contributed by atoms with Crippen molar-refractivity contribution < 1.29 is 4.79 Å². The third-order valence-corrected chi connectivity index (χ3v) is 6.03. The molecule has 5 nitrogen and oxygen atoms in total. The summed E-state index contributed by atoms with van der Waals surface area (Å²) >= 11 is 0. The minimum Gasteiger partial charge on any atom is -0.351 e. The number of hydrogen-bond donors (Lipinski definition) is 1. The van der Waals surface area contributed by atoms with E-state index in [1.807, 2.05) is 71.6 Å². The Morgan fingerprint density at radius 1 is 0.844 bits per heavy atom. The van der Waals surface area contributed by atoms with Gasteiger partial charge in [0.05, 0.1) is 17.6 Å². The lowest BCUT2D eigenvalue weighted by molar-refractivity contribution is -0.131. The Hall–Kier alpha value is -3.73. The largest absolute Gasteiger partial charge is 0.351 e. The summed E-state index contributed by atoms with van der Waals surface area (Å²) in [6, 6.07) is 28.5. The zero-order valence-corrected chi connectivity index (χ0v) is 17.9. The molecule has 0 aliphatic carbocycles. The molecule has 1 N–H and O–H groups in total. The van der Waals surface area contributed by atoms with Gasteiger partial charge >= 0.3 is 0 Å². The molecule has 1 saturated heterocycles. The summed E-state index contributed by atoms with van der Waals surface area (Å²) in [6.07, 6.45) is 2.24. The Morgan fingerprint density at radius 3 is 2.25 bits per heavy atom. The number of aromatic nitrogens is 2. The van der Waals surface area contributed by atoms with Crippen molar-refractivity contribution in [1.82, 2.24) is 14.9 Å². The second-order valence-corrected chi connectivity index (χ2v) is 8.24. The number of carbonyl (C=O) groups is 1. The van der Waals surface area contributed by atoms with E-state index in [0.717, 1.165) is 53.7 Å². The Bertz CT molecular complexity index is 1200. The number of nitrogens with one attached hydrogen (secondary N) is 1. The van der Waals surface area contributed by atoms with Crippen molar-refractivity contribution in [1.29, 1.82) is 0 Å². The van der Waals surface area contributed by atoms with Crippen molar-refractivity contribution in [3.63, 3.8) is 0 Å². The van der Waals surface area contributed by atoms with Crippen molar-refractivity contribution in [3.05, 3.63) is 90.5 Å². The number of amides is 1. The summed E-state index contributed by atoms with van der Waals surface area (Å²) in [5, 5.41) is 4.58. The van der Waals surface area contributed by atoms with Crippen LogP contribution in [0.3, 0.4) is 0 Å². The molecule has 5 heteroatoms. The molecule has 0 spiro atoms. The molecule has 3 aromatic carbocycles. The number of para-hydroxylation sites is 1. The number of hydrogen-bond acceptors (Lipinski definition) is 4. The highest BCUT2D eigenvalue weighted by atomic mass is 16.2. The summed E-state index contributed by atoms with van der Waals surface area (Å²) in [5.74, 6) is 0.847. The predicted molar refractivity (Wildman–Crippen MR) is 128 cm³/mol. The summed E-state index contributed by atoms with van der Waals surface area (Å²) in [4.78, 5) is 24.3. The van der Waals surface area contributed by atoms with Gasteiger partial charge in [-0.3, -0.25) is 4.79 Å². The molecular weight excluding hydrogens is 396 g/mol. The summed E-state index contributed by atoms with van der Waals surface area (Å²) < 4.78 is 0. The minimum absolute atomic E-state index is 0.197. The van der Waals surface area contributed by atoms with Gasteiger partial charge in [-0.1, -0.05) is 78.9 Å². The van der Waals surface area contributed by atoms with Crippen LogP contribution in [0.4, 0.5) is 5.95 Å². The monoisotopic (exact) mass is 422 g/mol. The van der Waals surface area contributed by atoms with Gasteiger partial charge in [0.1, 0.15) is 0 Å². The van der Waals surface area contributed by atoms with Gasteiger partial charge in [-0.25, -0.2) is 9.97 Å². The highest BCUT2D eigenvalue weighted by Gasteiger charge is 2.23. The van der Waals surface area contributed by atoms with Crippen LogP contribution in [0.25, 0.3) is 22.2 Å². The fourth-order valence-corrected chi connectivity index (χ4v) is 4.30. The van der Waals surface area contributed by atoms with Gasteiger partial charge in [-0.05, 0) is 24.5 Å². The maximum Gasteiger partial charge on any atom is 0.226 e. The van der Waals surface area contributed by atoms with Crippen LogP contribution in [0.2, 0.25) is 0 Å². The molecule has 1 aliphatic heterocycles. The molecule has 0 bridgehead atoms. The quantitative estimate of drug-likeness (QED) is 0.495. The molecule has 0 radical (unpaired) electrons. The van der Waals surface area contributed by atoms with E-state index in [-0.39, 0.29) is 11.9 Å². The van der Waals surface area contributed by atoms with E-state index in [0.29, 0.717) is 12.4 Å². The van der Waals surface area contributed by atoms with Gasteiger partial charge in [-0.2, -0.15) is 0 Å².